The SMILES string of the molecule is Cc1sc2c(c1C)C(c1ccc(N3C[C@H]4CN(C(=O)OC(C)(C)C)C[C@H]4C3)cc1)=N[C@@H](Cc1ncco1)c1nnc(C)n1-2. The Balaban J connectivity index is 1.16. The number of rotatable bonds is 4. The lowest BCUT2D eigenvalue weighted by Crippen LogP contribution is -2.37. The quantitative estimate of drug-likeness (QED) is 0.297. The topological polar surface area (TPSA) is 102 Å². The number of benzene rings is 1. The van der Waals surface area contributed by atoms with Crippen molar-refractivity contribution in [3.63, 3.8) is 0 Å². The Labute approximate surface area is 255 Å². The van der Waals surface area contributed by atoms with Crippen molar-refractivity contribution in [2.45, 2.75) is 59.6 Å². The van der Waals surface area contributed by atoms with E-state index in [4.69, 9.17) is 14.1 Å². The fourth-order valence-corrected chi connectivity index (χ4v) is 7.77. The van der Waals surface area contributed by atoms with Crippen molar-refractivity contribution in [3.8, 4) is 5.00 Å². The third-order valence-electron chi connectivity index (χ3n) is 8.73. The number of aryl methyl sites for hydroxylation is 2. The molecule has 0 unspecified atom stereocenters. The van der Waals surface area contributed by atoms with Crippen LogP contribution >= 0.6 is 11.3 Å². The number of hydrogen-bond donors (Lipinski definition) is 0. The summed E-state index contributed by atoms with van der Waals surface area (Å²) in [6, 6.07) is 8.50. The number of carbonyl (C=O) groups excluding carboxylic acids is 1. The van der Waals surface area contributed by atoms with Crippen LogP contribution in [0.1, 0.15) is 65.9 Å². The van der Waals surface area contributed by atoms with Crippen LogP contribution in [0.4, 0.5) is 10.5 Å². The van der Waals surface area contributed by atoms with Crippen molar-refractivity contribution < 1.29 is 13.9 Å². The number of likely N-dealkylation sites (tertiary alicyclic amines) is 1. The molecule has 224 valence electrons. The minimum absolute atomic E-state index is 0.200. The van der Waals surface area contributed by atoms with Crippen LogP contribution in [0.5, 0.6) is 0 Å². The van der Waals surface area contributed by atoms with Gasteiger partial charge in [0.25, 0.3) is 0 Å². The Bertz CT molecular complexity index is 1680. The van der Waals surface area contributed by atoms with Gasteiger partial charge < -0.3 is 19.0 Å². The maximum atomic E-state index is 12.6. The average Bonchev–Trinajstić information content (AvgIpc) is 3.76. The van der Waals surface area contributed by atoms with E-state index in [-0.39, 0.29) is 12.1 Å². The predicted molar refractivity (Wildman–Crippen MR) is 165 cm³/mol. The molecule has 7 rings (SSSR count). The fourth-order valence-electron chi connectivity index (χ4n) is 6.55. The first kappa shape index (κ1) is 27.8. The molecule has 3 aliphatic rings. The van der Waals surface area contributed by atoms with Crippen molar-refractivity contribution in [1.29, 1.82) is 0 Å². The number of fused-ring (bicyclic) bond motifs is 4. The van der Waals surface area contributed by atoms with E-state index >= 15 is 0 Å². The zero-order chi connectivity index (χ0) is 30.0. The number of ether oxygens (including phenoxy) is 1. The largest absolute Gasteiger partial charge is 0.449 e. The summed E-state index contributed by atoms with van der Waals surface area (Å²) < 4.78 is 13.4. The first-order valence-corrected chi connectivity index (χ1v) is 15.7. The zero-order valence-corrected chi connectivity index (χ0v) is 26.3. The lowest BCUT2D eigenvalue weighted by Gasteiger charge is -2.26. The molecule has 3 aliphatic heterocycles. The van der Waals surface area contributed by atoms with Crippen LogP contribution in [0.2, 0.25) is 0 Å². The number of nitrogens with zero attached hydrogens (tertiary/aromatic N) is 7. The minimum atomic E-state index is -0.475. The van der Waals surface area contributed by atoms with Gasteiger partial charge in [0.2, 0.25) is 0 Å². The van der Waals surface area contributed by atoms with Crippen molar-refractivity contribution in [3.05, 3.63) is 75.8 Å². The number of amides is 1. The van der Waals surface area contributed by atoms with E-state index in [1.807, 2.05) is 32.6 Å². The summed E-state index contributed by atoms with van der Waals surface area (Å²) in [5, 5.41) is 10.1. The second kappa shape index (κ2) is 10.3. The van der Waals surface area contributed by atoms with Gasteiger partial charge in [0.1, 0.15) is 28.7 Å². The number of oxazole rings is 1. The van der Waals surface area contributed by atoms with Crippen molar-refractivity contribution >= 4 is 28.8 Å². The zero-order valence-electron chi connectivity index (χ0n) is 25.5. The van der Waals surface area contributed by atoms with Gasteiger partial charge in [-0.05, 0) is 59.2 Å². The van der Waals surface area contributed by atoms with Gasteiger partial charge in [0.15, 0.2) is 11.7 Å². The van der Waals surface area contributed by atoms with E-state index in [0.717, 1.165) is 59.7 Å². The van der Waals surface area contributed by atoms with Crippen LogP contribution in [-0.4, -0.2) is 68.2 Å². The summed E-state index contributed by atoms with van der Waals surface area (Å²) in [4.78, 5) is 27.9. The highest BCUT2D eigenvalue weighted by molar-refractivity contribution is 7.15. The smallest absolute Gasteiger partial charge is 0.410 e. The number of thiophene rings is 1. The van der Waals surface area contributed by atoms with E-state index in [0.29, 0.717) is 24.1 Å². The van der Waals surface area contributed by atoms with Gasteiger partial charge in [-0.25, -0.2) is 9.78 Å². The molecule has 2 fully saturated rings. The molecule has 11 heteroatoms. The lowest BCUT2D eigenvalue weighted by atomic mass is 9.99. The normalized spacial score (nSPS) is 21.3. The van der Waals surface area contributed by atoms with Crippen LogP contribution in [-0.2, 0) is 11.2 Å². The molecule has 0 N–H and O–H groups in total. The summed E-state index contributed by atoms with van der Waals surface area (Å²) in [6.07, 6.45) is 3.56. The maximum absolute atomic E-state index is 12.6. The molecule has 43 heavy (non-hydrogen) atoms. The van der Waals surface area contributed by atoms with E-state index < -0.39 is 5.60 Å². The Hall–Kier alpha value is -3.99. The highest BCUT2D eigenvalue weighted by Crippen LogP contribution is 2.40. The second-order valence-corrected chi connectivity index (χ2v) is 14.1. The maximum Gasteiger partial charge on any atom is 0.410 e. The second-order valence-electron chi connectivity index (χ2n) is 12.9. The first-order chi connectivity index (χ1) is 20.6. The predicted octanol–water partition coefficient (Wildman–Crippen LogP) is 5.68. The summed E-state index contributed by atoms with van der Waals surface area (Å²) in [5.41, 5.74) is 5.09. The number of anilines is 1. The molecular weight excluding hydrogens is 562 g/mol. The van der Waals surface area contributed by atoms with Gasteiger partial charge in [0.05, 0.1) is 18.3 Å². The third kappa shape index (κ3) is 5.03. The van der Waals surface area contributed by atoms with Gasteiger partial charge in [-0.1, -0.05) is 12.1 Å². The molecule has 1 aromatic carbocycles. The monoisotopic (exact) mass is 599 g/mol. The molecule has 0 aliphatic carbocycles. The van der Waals surface area contributed by atoms with Gasteiger partial charge >= 0.3 is 6.09 Å². The molecule has 0 radical (unpaired) electrons. The Morgan fingerprint density at radius 2 is 1.77 bits per heavy atom. The Kier molecular flexibility index (Phi) is 6.68. The summed E-state index contributed by atoms with van der Waals surface area (Å²) in [5.74, 6) is 3.17. The fraction of sp³-hybridized carbons (Fsp3) is 0.469. The molecular formula is C32H37N7O3S. The molecule has 1 amide bonds. The van der Waals surface area contributed by atoms with E-state index in [2.05, 4.69) is 62.8 Å². The highest BCUT2D eigenvalue weighted by atomic mass is 32.1. The summed E-state index contributed by atoms with van der Waals surface area (Å²) in [6.45, 7) is 15.4. The number of aromatic nitrogens is 4. The molecule has 0 bridgehead atoms. The molecule has 3 atom stereocenters. The highest BCUT2D eigenvalue weighted by Gasteiger charge is 2.43. The lowest BCUT2D eigenvalue weighted by molar-refractivity contribution is 0.0282. The third-order valence-corrected chi connectivity index (χ3v) is 9.93. The van der Waals surface area contributed by atoms with Crippen LogP contribution in [0.15, 0.2) is 46.1 Å². The Morgan fingerprint density at radius 1 is 1.05 bits per heavy atom. The van der Waals surface area contributed by atoms with Gasteiger partial charge in [-0.3, -0.25) is 9.56 Å². The van der Waals surface area contributed by atoms with Crippen LogP contribution in [0.25, 0.3) is 5.00 Å². The molecule has 3 aromatic heterocycles. The van der Waals surface area contributed by atoms with Crippen LogP contribution < -0.4 is 4.90 Å². The standard InChI is InChI=1S/C32H37N7O3S/c1-18-19(2)43-30-27(18)28(34-25(13-26-33-11-12-41-26)29-36-35-20(3)39(29)30)21-7-9-24(10-8-21)37-14-22-16-38(17-23(22)15-37)31(40)42-32(4,5)6/h7-12,22-23,25H,13-17H2,1-6H3/t22-,23+,25-/m0/s1. The summed E-state index contributed by atoms with van der Waals surface area (Å²) in [7, 11) is 0. The minimum Gasteiger partial charge on any atom is -0.449 e. The van der Waals surface area contributed by atoms with Crippen molar-refractivity contribution in [2.75, 3.05) is 31.1 Å². The van der Waals surface area contributed by atoms with Crippen molar-refractivity contribution in [2.24, 2.45) is 16.8 Å². The first-order valence-electron chi connectivity index (χ1n) is 14.9. The van der Waals surface area contributed by atoms with Gasteiger partial charge in [0, 0.05) is 59.7 Å². The van der Waals surface area contributed by atoms with Gasteiger partial charge in [-0.15, -0.1) is 21.5 Å². The van der Waals surface area contributed by atoms with Crippen LogP contribution in [0, 0.1) is 32.6 Å². The number of carbonyl (C=O) groups is 1. The van der Waals surface area contributed by atoms with Crippen LogP contribution in [0.3, 0.4) is 0 Å². The molecule has 0 saturated carbocycles. The van der Waals surface area contributed by atoms with E-state index in [1.165, 1.54) is 16.1 Å². The molecule has 4 aromatic rings. The van der Waals surface area contributed by atoms with Crippen molar-refractivity contribution in [1.82, 2.24) is 24.6 Å². The molecule has 6 heterocycles. The average molecular weight is 600 g/mol. The van der Waals surface area contributed by atoms with Gasteiger partial charge in [-0.2, -0.15) is 0 Å². The number of hydrogen-bond acceptors (Lipinski definition) is 9. The number of aliphatic imine (C=N–C) groups is 1. The summed E-state index contributed by atoms with van der Waals surface area (Å²) >= 11 is 1.76. The molecule has 0 spiro atoms. The molecule has 10 nitrogen and oxygen atoms in total. The van der Waals surface area contributed by atoms with E-state index in [9.17, 15) is 4.79 Å². The molecule has 2 saturated heterocycles. The Morgan fingerprint density at radius 3 is 2.42 bits per heavy atom. The van der Waals surface area contributed by atoms with E-state index in [1.54, 1.807) is 23.8 Å².